The molecule has 5 nitrogen and oxygen atoms in total. The van der Waals surface area contributed by atoms with Gasteiger partial charge in [-0.2, -0.15) is 0 Å². The van der Waals surface area contributed by atoms with Crippen LogP contribution in [0.1, 0.15) is 48.7 Å². The number of nitrogens with zero attached hydrogens (tertiary/aromatic N) is 1. The van der Waals surface area contributed by atoms with Crippen LogP contribution in [0.15, 0.2) is 11.4 Å². The minimum atomic E-state index is -0.381. The smallest absolute Gasteiger partial charge is 0.350 e. The molecule has 0 bridgehead atoms. The molecule has 0 N–H and O–H groups in total. The highest BCUT2D eigenvalue weighted by Crippen LogP contribution is 2.35. The van der Waals surface area contributed by atoms with Gasteiger partial charge in [0.2, 0.25) is 5.91 Å². The molecular weight excluding hydrogens is 326 g/mol. The average Bonchev–Trinajstić information content (AvgIpc) is 3.27. The van der Waals surface area contributed by atoms with E-state index in [0.29, 0.717) is 29.7 Å². The van der Waals surface area contributed by atoms with E-state index in [1.54, 1.807) is 0 Å². The lowest BCUT2D eigenvalue weighted by atomic mass is 9.82. The lowest BCUT2D eigenvalue weighted by Gasteiger charge is -2.34. The Bertz CT molecular complexity index is 586. The molecule has 24 heavy (non-hydrogen) atoms. The third-order valence-corrected chi connectivity index (χ3v) is 6.03. The molecule has 132 valence electrons. The van der Waals surface area contributed by atoms with Crippen molar-refractivity contribution >= 4 is 28.9 Å². The monoisotopic (exact) mass is 351 g/mol. The Morgan fingerprint density at radius 2 is 2.00 bits per heavy atom. The first-order valence-electron chi connectivity index (χ1n) is 8.68. The van der Waals surface area contributed by atoms with Gasteiger partial charge in [0.1, 0.15) is 4.88 Å². The molecule has 2 aliphatic rings. The molecule has 1 saturated carbocycles. The topological polar surface area (TPSA) is 55.8 Å². The molecule has 1 atom stereocenters. The Labute approximate surface area is 146 Å². The Hall–Kier alpha value is -1.40. The first kappa shape index (κ1) is 17.4. The zero-order valence-electron chi connectivity index (χ0n) is 14.3. The van der Waals surface area contributed by atoms with Gasteiger partial charge in [0, 0.05) is 12.5 Å². The molecule has 2 heterocycles. The van der Waals surface area contributed by atoms with Gasteiger partial charge in [-0.3, -0.25) is 4.79 Å². The number of esters is 1. The van der Waals surface area contributed by atoms with Crippen molar-refractivity contribution in [1.82, 2.24) is 0 Å². The second kappa shape index (κ2) is 7.66. The van der Waals surface area contributed by atoms with Crippen LogP contribution in [0.3, 0.4) is 0 Å². The van der Waals surface area contributed by atoms with E-state index in [1.807, 2.05) is 16.3 Å². The van der Waals surface area contributed by atoms with Gasteiger partial charge in [0.05, 0.1) is 25.4 Å². The fourth-order valence-corrected chi connectivity index (χ4v) is 4.46. The zero-order chi connectivity index (χ0) is 17.1. The highest BCUT2D eigenvalue weighted by Gasteiger charge is 2.36. The Balaban J connectivity index is 1.88. The number of anilines is 1. The summed E-state index contributed by atoms with van der Waals surface area (Å²) >= 11 is 1.32. The summed E-state index contributed by atoms with van der Waals surface area (Å²) in [5.74, 6) is 0.506. The van der Waals surface area contributed by atoms with Gasteiger partial charge in [-0.15, -0.1) is 11.3 Å². The Morgan fingerprint density at radius 1 is 1.25 bits per heavy atom. The molecule has 1 aromatic rings. The highest BCUT2D eigenvalue weighted by atomic mass is 32.1. The number of carbonyl (C=O) groups is 2. The molecule has 1 amide bonds. The molecule has 1 aliphatic heterocycles. The number of amides is 1. The van der Waals surface area contributed by atoms with Gasteiger partial charge in [-0.25, -0.2) is 4.79 Å². The van der Waals surface area contributed by atoms with Crippen LogP contribution in [0.4, 0.5) is 5.69 Å². The summed E-state index contributed by atoms with van der Waals surface area (Å²) in [5, 5.41) is 1.85. The molecule has 1 saturated heterocycles. The van der Waals surface area contributed by atoms with Crippen LogP contribution in [0.5, 0.6) is 0 Å². The summed E-state index contributed by atoms with van der Waals surface area (Å²) in [6.07, 6.45) is 4.87. The third-order valence-electron chi connectivity index (χ3n) is 5.15. The second-order valence-corrected chi connectivity index (χ2v) is 7.73. The molecule has 1 unspecified atom stereocenters. The van der Waals surface area contributed by atoms with Crippen molar-refractivity contribution in [3.63, 3.8) is 0 Å². The molecule has 0 aromatic carbocycles. The van der Waals surface area contributed by atoms with Crippen molar-refractivity contribution in [2.45, 2.75) is 45.1 Å². The van der Waals surface area contributed by atoms with Crippen LogP contribution < -0.4 is 4.90 Å². The molecule has 2 fully saturated rings. The number of methoxy groups -OCH3 is 1. The van der Waals surface area contributed by atoms with Crippen molar-refractivity contribution < 1.29 is 19.1 Å². The van der Waals surface area contributed by atoms with E-state index in [4.69, 9.17) is 9.47 Å². The maximum atomic E-state index is 13.3. The predicted octanol–water partition coefficient (Wildman–Crippen LogP) is 3.48. The quantitative estimate of drug-likeness (QED) is 0.779. The lowest BCUT2D eigenvalue weighted by molar-refractivity contribution is -0.124. The first-order valence-corrected chi connectivity index (χ1v) is 9.56. The molecular formula is C18H25NO4S. The number of hydrogen-bond donors (Lipinski definition) is 0. The summed E-state index contributed by atoms with van der Waals surface area (Å²) in [6.45, 7) is 3.44. The fourth-order valence-electron chi connectivity index (χ4n) is 3.66. The molecule has 0 radical (unpaired) electrons. The number of ether oxygens (including phenoxy) is 2. The zero-order valence-corrected chi connectivity index (χ0v) is 15.1. The van der Waals surface area contributed by atoms with Gasteiger partial charge in [0.25, 0.3) is 0 Å². The van der Waals surface area contributed by atoms with E-state index in [9.17, 15) is 9.59 Å². The van der Waals surface area contributed by atoms with Crippen molar-refractivity contribution in [1.29, 1.82) is 0 Å². The van der Waals surface area contributed by atoms with Crippen molar-refractivity contribution in [3.05, 3.63) is 16.3 Å². The fraction of sp³-hybridized carbons (Fsp3) is 0.667. The Morgan fingerprint density at radius 3 is 2.62 bits per heavy atom. The van der Waals surface area contributed by atoms with Gasteiger partial charge in [0.15, 0.2) is 0 Å². The van der Waals surface area contributed by atoms with Crippen LogP contribution in [0.25, 0.3) is 0 Å². The van der Waals surface area contributed by atoms with Crippen LogP contribution in [0, 0.1) is 11.8 Å². The summed E-state index contributed by atoms with van der Waals surface area (Å²) in [6, 6.07) is 1.87. The second-order valence-electron chi connectivity index (χ2n) is 6.81. The number of thiophene rings is 1. The SMILES string of the molecule is COC(=O)c1sccc1N(C(=O)[C@H]1CC[C@H](C)CC1)C1CCOC1. The summed E-state index contributed by atoms with van der Waals surface area (Å²) in [7, 11) is 1.37. The highest BCUT2D eigenvalue weighted by molar-refractivity contribution is 7.12. The number of rotatable bonds is 4. The summed E-state index contributed by atoms with van der Waals surface area (Å²) < 4.78 is 10.4. The number of hydrogen-bond acceptors (Lipinski definition) is 5. The predicted molar refractivity (Wildman–Crippen MR) is 93.5 cm³/mol. The maximum Gasteiger partial charge on any atom is 0.350 e. The minimum absolute atomic E-state index is 0.00913. The molecule has 1 aromatic heterocycles. The molecule has 6 heteroatoms. The van der Waals surface area contributed by atoms with Gasteiger partial charge in [-0.1, -0.05) is 6.92 Å². The van der Waals surface area contributed by atoms with Crippen LogP contribution >= 0.6 is 11.3 Å². The van der Waals surface area contributed by atoms with Gasteiger partial charge < -0.3 is 14.4 Å². The van der Waals surface area contributed by atoms with E-state index in [-0.39, 0.29) is 23.8 Å². The number of carbonyl (C=O) groups excluding carboxylic acids is 2. The van der Waals surface area contributed by atoms with E-state index >= 15 is 0 Å². The molecule has 1 aliphatic carbocycles. The molecule has 0 spiro atoms. The summed E-state index contributed by atoms with van der Waals surface area (Å²) in [5.41, 5.74) is 0.686. The average molecular weight is 351 g/mol. The van der Waals surface area contributed by atoms with Crippen LogP contribution in [-0.4, -0.2) is 38.2 Å². The van der Waals surface area contributed by atoms with E-state index in [2.05, 4.69) is 6.92 Å². The maximum absolute atomic E-state index is 13.3. The lowest BCUT2D eigenvalue weighted by Crippen LogP contribution is -2.45. The standard InChI is InChI=1S/C18H25NO4S/c1-12-3-5-13(6-4-12)17(20)19(14-7-9-23-11-14)15-8-10-24-16(15)18(21)22-2/h8,10,12-14H,3-7,9,11H2,1-2H3/t12-,13-,14?. The van der Waals surface area contributed by atoms with Crippen LogP contribution in [-0.2, 0) is 14.3 Å². The van der Waals surface area contributed by atoms with Gasteiger partial charge >= 0.3 is 5.97 Å². The molecule has 3 rings (SSSR count). The van der Waals surface area contributed by atoms with E-state index in [0.717, 1.165) is 32.1 Å². The van der Waals surface area contributed by atoms with Crippen molar-refractivity contribution in [3.8, 4) is 0 Å². The van der Waals surface area contributed by atoms with Gasteiger partial charge in [-0.05, 0) is 49.5 Å². The summed E-state index contributed by atoms with van der Waals surface area (Å²) in [4.78, 5) is 27.7. The van der Waals surface area contributed by atoms with Crippen molar-refractivity contribution in [2.75, 3.05) is 25.2 Å². The largest absolute Gasteiger partial charge is 0.465 e. The minimum Gasteiger partial charge on any atom is -0.465 e. The first-order chi connectivity index (χ1) is 11.6. The van der Waals surface area contributed by atoms with E-state index < -0.39 is 0 Å². The van der Waals surface area contributed by atoms with Crippen molar-refractivity contribution in [2.24, 2.45) is 11.8 Å². The van der Waals surface area contributed by atoms with E-state index in [1.165, 1.54) is 18.4 Å². The van der Waals surface area contributed by atoms with Crippen LogP contribution in [0.2, 0.25) is 0 Å². The Kier molecular flexibility index (Phi) is 5.56. The third kappa shape index (κ3) is 3.49. The normalized spacial score (nSPS) is 27.0.